The normalized spacial score (nSPS) is 25.0. The number of rotatable bonds is 11. The van der Waals surface area contributed by atoms with Gasteiger partial charge in [-0.05, 0) is 93.8 Å². The molecular formula is C26H40N4O4. The highest BCUT2D eigenvalue weighted by atomic mass is 16.1. The topological polar surface area (TPSA) is 118 Å². The number of carbonyl (C=O) groups excluding carboxylic acids is 4. The third-order valence-electron chi connectivity index (χ3n) is 7.04. The van der Waals surface area contributed by atoms with Crippen LogP contribution in [0, 0.1) is 23.2 Å². The first kappa shape index (κ1) is 29.6. The summed E-state index contributed by atoms with van der Waals surface area (Å²) in [5, 5.41) is 0. The van der Waals surface area contributed by atoms with Crippen molar-refractivity contribution in [3.05, 3.63) is 0 Å². The maximum atomic E-state index is 10.2. The summed E-state index contributed by atoms with van der Waals surface area (Å²) in [5.74, 6) is 2.06. The van der Waals surface area contributed by atoms with Gasteiger partial charge in [0, 0.05) is 0 Å². The van der Waals surface area contributed by atoms with Gasteiger partial charge in [-0.1, -0.05) is 20.8 Å². The Labute approximate surface area is 203 Å². The largest absolute Gasteiger partial charge is 0.235 e. The van der Waals surface area contributed by atoms with Crippen molar-refractivity contribution in [3.8, 4) is 0 Å². The van der Waals surface area contributed by atoms with E-state index in [4.69, 9.17) is 0 Å². The van der Waals surface area contributed by atoms with Gasteiger partial charge in [0.15, 0.2) is 0 Å². The Morgan fingerprint density at radius 1 is 0.735 bits per heavy atom. The highest BCUT2D eigenvalue weighted by Gasteiger charge is 2.26. The number of nitrogens with zero attached hydrogens (tertiary/aromatic N) is 4. The van der Waals surface area contributed by atoms with Crippen LogP contribution >= 0.6 is 0 Å². The molecule has 0 aromatic heterocycles. The zero-order valence-electron chi connectivity index (χ0n) is 21.0. The van der Waals surface area contributed by atoms with Crippen LogP contribution in [-0.2, 0) is 19.2 Å². The SMILES string of the molecule is CC(CCN=C=O)CC(C)(C)CN=C=O.O=C=NC1CCC(CC2CCC(N=C=O)CC2)CC1. The molecule has 0 radical (unpaired) electrons. The van der Waals surface area contributed by atoms with Gasteiger partial charge in [-0.2, -0.15) is 0 Å². The molecule has 8 heteroatoms. The molecule has 34 heavy (non-hydrogen) atoms. The molecule has 0 aromatic carbocycles. The molecule has 0 aromatic rings. The zero-order chi connectivity index (χ0) is 25.2. The molecule has 0 aliphatic heterocycles. The van der Waals surface area contributed by atoms with Crippen LogP contribution in [0.5, 0.6) is 0 Å². The van der Waals surface area contributed by atoms with Crippen LogP contribution in [0.25, 0.3) is 0 Å². The van der Waals surface area contributed by atoms with E-state index in [0.717, 1.165) is 50.4 Å². The summed E-state index contributed by atoms with van der Waals surface area (Å²) in [6, 6.07) is 0.456. The maximum absolute atomic E-state index is 10.2. The molecule has 1 atom stereocenters. The Balaban J connectivity index is 0.000000352. The minimum atomic E-state index is 0.00171. The average Bonchev–Trinajstić information content (AvgIpc) is 2.81. The number of hydrogen-bond donors (Lipinski definition) is 0. The van der Waals surface area contributed by atoms with Crippen LogP contribution in [0.3, 0.4) is 0 Å². The molecule has 188 valence electrons. The highest BCUT2D eigenvalue weighted by molar-refractivity contribution is 5.34. The number of aliphatic imine (C=N–C) groups is 4. The maximum Gasteiger partial charge on any atom is 0.235 e. The summed E-state index contributed by atoms with van der Waals surface area (Å²) in [6.45, 7) is 7.25. The molecule has 8 nitrogen and oxygen atoms in total. The second kappa shape index (κ2) is 17.0. The van der Waals surface area contributed by atoms with Gasteiger partial charge in [0.2, 0.25) is 24.3 Å². The fourth-order valence-corrected chi connectivity index (χ4v) is 5.33. The van der Waals surface area contributed by atoms with E-state index < -0.39 is 0 Å². The van der Waals surface area contributed by atoms with E-state index in [1.165, 1.54) is 38.2 Å². The van der Waals surface area contributed by atoms with Crippen molar-refractivity contribution < 1.29 is 19.2 Å². The molecule has 2 saturated carbocycles. The third kappa shape index (κ3) is 13.3. The van der Waals surface area contributed by atoms with Crippen molar-refractivity contribution in [3.63, 3.8) is 0 Å². The van der Waals surface area contributed by atoms with Gasteiger partial charge in [-0.3, -0.25) is 0 Å². The van der Waals surface area contributed by atoms with E-state index in [2.05, 4.69) is 40.7 Å². The Morgan fingerprint density at radius 2 is 1.21 bits per heavy atom. The smallest absolute Gasteiger partial charge is 0.211 e. The lowest BCUT2D eigenvalue weighted by Crippen LogP contribution is -2.23. The molecule has 0 spiro atoms. The first-order chi connectivity index (χ1) is 16.3. The second-order valence-corrected chi connectivity index (χ2v) is 10.7. The van der Waals surface area contributed by atoms with Crippen LogP contribution in [-0.4, -0.2) is 49.5 Å². The molecule has 0 saturated heterocycles. The molecule has 2 fully saturated rings. The first-order valence-corrected chi connectivity index (χ1v) is 12.5. The Hall–Kier alpha value is -2.48. The van der Waals surface area contributed by atoms with Crippen molar-refractivity contribution >= 4 is 24.3 Å². The first-order valence-electron chi connectivity index (χ1n) is 12.5. The molecule has 1 unspecified atom stereocenters. The van der Waals surface area contributed by atoms with Gasteiger partial charge < -0.3 is 0 Å². The minimum Gasteiger partial charge on any atom is -0.211 e. The summed E-state index contributed by atoms with van der Waals surface area (Å²) >= 11 is 0. The Bertz CT molecular complexity index is 737. The highest BCUT2D eigenvalue weighted by Crippen LogP contribution is 2.36. The third-order valence-corrected chi connectivity index (χ3v) is 7.04. The summed E-state index contributed by atoms with van der Waals surface area (Å²) in [7, 11) is 0. The molecule has 2 aliphatic rings. The fourth-order valence-electron chi connectivity index (χ4n) is 5.33. The molecule has 0 amide bonds. The van der Waals surface area contributed by atoms with Crippen LogP contribution in [0.2, 0.25) is 0 Å². The van der Waals surface area contributed by atoms with Crippen molar-refractivity contribution in [2.45, 2.75) is 103 Å². The number of hydrogen-bond acceptors (Lipinski definition) is 8. The van der Waals surface area contributed by atoms with E-state index in [1.807, 2.05) is 0 Å². The lowest BCUT2D eigenvalue weighted by molar-refractivity contribution is 0.226. The zero-order valence-corrected chi connectivity index (χ0v) is 21.0. The van der Waals surface area contributed by atoms with Gasteiger partial charge in [-0.15, -0.1) is 0 Å². The Morgan fingerprint density at radius 3 is 1.62 bits per heavy atom. The second-order valence-electron chi connectivity index (χ2n) is 10.7. The van der Waals surface area contributed by atoms with Crippen molar-refractivity contribution in [1.29, 1.82) is 0 Å². The quantitative estimate of drug-likeness (QED) is 0.301. The van der Waals surface area contributed by atoms with Crippen LogP contribution in [0.1, 0.15) is 91.4 Å². The molecule has 0 bridgehead atoms. The van der Waals surface area contributed by atoms with E-state index in [1.54, 1.807) is 18.2 Å². The average molecular weight is 473 g/mol. The standard InChI is InChI=1S/C15H22N2O2.C11H18N2O2/c18-10-16-14-5-1-12(2-6-14)9-13-3-7-15(8-4-13)17-11-19;1-10(4-5-12-8-14)6-11(2,3)7-13-9-15/h12-15H,1-9H2;10H,4-7H2,1-3H3. The summed E-state index contributed by atoms with van der Waals surface area (Å²) in [5.41, 5.74) is 0.00171. The monoisotopic (exact) mass is 472 g/mol. The van der Waals surface area contributed by atoms with Crippen molar-refractivity contribution in [1.82, 2.24) is 0 Å². The molecule has 2 aliphatic carbocycles. The number of isocyanates is 4. The van der Waals surface area contributed by atoms with Gasteiger partial charge in [0.05, 0.1) is 25.2 Å². The lowest BCUT2D eigenvalue weighted by atomic mass is 9.76. The van der Waals surface area contributed by atoms with E-state index in [9.17, 15) is 19.2 Å². The van der Waals surface area contributed by atoms with E-state index >= 15 is 0 Å². The van der Waals surface area contributed by atoms with Crippen molar-refractivity contribution in [2.75, 3.05) is 13.1 Å². The molecule has 2 rings (SSSR count). The predicted octanol–water partition coefficient (Wildman–Crippen LogP) is 5.27. The fraction of sp³-hybridized carbons (Fsp3) is 0.846. The van der Waals surface area contributed by atoms with Crippen LogP contribution < -0.4 is 0 Å². The molecular weight excluding hydrogens is 432 g/mol. The van der Waals surface area contributed by atoms with Crippen molar-refractivity contribution in [2.24, 2.45) is 43.1 Å². The van der Waals surface area contributed by atoms with Crippen LogP contribution in [0.15, 0.2) is 20.0 Å². The van der Waals surface area contributed by atoms with Gasteiger partial charge in [0.25, 0.3) is 0 Å². The summed E-state index contributed by atoms with van der Waals surface area (Å²) in [4.78, 5) is 55.1. The Kier molecular flexibility index (Phi) is 14.8. The van der Waals surface area contributed by atoms with E-state index in [-0.39, 0.29) is 17.5 Å². The molecule has 0 heterocycles. The van der Waals surface area contributed by atoms with Crippen LogP contribution in [0.4, 0.5) is 0 Å². The predicted molar refractivity (Wildman–Crippen MR) is 131 cm³/mol. The van der Waals surface area contributed by atoms with Gasteiger partial charge in [0.1, 0.15) is 0 Å². The van der Waals surface area contributed by atoms with E-state index in [0.29, 0.717) is 19.0 Å². The molecule has 0 N–H and O–H groups in total. The lowest BCUT2D eigenvalue weighted by Gasteiger charge is -2.31. The summed E-state index contributed by atoms with van der Waals surface area (Å²) in [6.07, 6.45) is 18.5. The van der Waals surface area contributed by atoms with Gasteiger partial charge in [-0.25, -0.2) is 39.1 Å². The minimum absolute atomic E-state index is 0.00171. The van der Waals surface area contributed by atoms with Gasteiger partial charge >= 0.3 is 0 Å². The summed E-state index contributed by atoms with van der Waals surface area (Å²) < 4.78 is 0.